The van der Waals surface area contributed by atoms with Crippen molar-refractivity contribution in [2.24, 2.45) is 0 Å². The maximum atomic E-state index is 13.9. The van der Waals surface area contributed by atoms with Crippen molar-refractivity contribution >= 4 is 17.6 Å². The minimum atomic E-state index is -0.297. The molecule has 1 atom stereocenters. The van der Waals surface area contributed by atoms with Gasteiger partial charge < -0.3 is 24.4 Å². The molecular formula is C32H34N4O3. The Balaban J connectivity index is 1.40. The van der Waals surface area contributed by atoms with Gasteiger partial charge in [0.1, 0.15) is 18.0 Å². The molecule has 1 N–H and O–H groups in total. The summed E-state index contributed by atoms with van der Waals surface area (Å²) in [4.78, 5) is 30.6. The van der Waals surface area contributed by atoms with Gasteiger partial charge in [-0.25, -0.2) is 4.79 Å². The van der Waals surface area contributed by atoms with E-state index in [1.165, 1.54) is 0 Å². The molecule has 39 heavy (non-hydrogen) atoms. The van der Waals surface area contributed by atoms with Crippen molar-refractivity contribution in [2.75, 3.05) is 18.4 Å². The topological polar surface area (TPSA) is 66.8 Å². The SMILES string of the molecule is Cc1ccccc1NC(=O)N(CC(=O)N1CCn2cccc2[C@@H]1c1cccc(Oc2ccccc2)c1)C(C)C. The number of aromatic nitrogens is 1. The predicted octanol–water partition coefficient (Wildman–Crippen LogP) is 6.46. The van der Waals surface area contributed by atoms with Gasteiger partial charge in [-0.3, -0.25) is 4.79 Å². The van der Waals surface area contributed by atoms with Crippen molar-refractivity contribution < 1.29 is 14.3 Å². The summed E-state index contributed by atoms with van der Waals surface area (Å²) in [5, 5.41) is 2.98. The highest BCUT2D eigenvalue weighted by Gasteiger charge is 2.34. The van der Waals surface area contributed by atoms with Crippen LogP contribution in [0.25, 0.3) is 0 Å². The molecule has 0 spiro atoms. The van der Waals surface area contributed by atoms with Crippen LogP contribution in [-0.2, 0) is 11.3 Å². The van der Waals surface area contributed by atoms with E-state index in [0.717, 1.165) is 28.3 Å². The van der Waals surface area contributed by atoms with Crippen LogP contribution in [0.15, 0.2) is 97.2 Å². The van der Waals surface area contributed by atoms with Crippen molar-refractivity contribution in [2.45, 2.75) is 39.4 Å². The number of amides is 3. The van der Waals surface area contributed by atoms with Gasteiger partial charge in [0.25, 0.3) is 0 Å². The molecule has 0 fully saturated rings. The first-order chi connectivity index (χ1) is 18.9. The molecule has 0 aliphatic carbocycles. The lowest BCUT2D eigenvalue weighted by molar-refractivity contribution is -0.134. The lowest BCUT2D eigenvalue weighted by Gasteiger charge is -2.39. The predicted molar refractivity (Wildman–Crippen MR) is 153 cm³/mol. The molecule has 0 unspecified atom stereocenters. The lowest BCUT2D eigenvalue weighted by Crippen LogP contribution is -2.50. The summed E-state index contributed by atoms with van der Waals surface area (Å²) in [6.07, 6.45) is 2.05. The van der Waals surface area contributed by atoms with E-state index in [-0.39, 0.29) is 30.6 Å². The molecule has 3 aromatic carbocycles. The average molecular weight is 523 g/mol. The molecule has 0 bridgehead atoms. The Bertz CT molecular complexity index is 1450. The zero-order valence-electron chi connectivity index (χ0n) is 22.6. The molecule has 0 saturated carbocycles. The van der Waals surface area contributed by atoms with Crippen LogP contribution in [0.4, 0.5) is 10.5 Å². The van der Waals surface area contributed by atoms with E-state index in [2.05, 4.69) is 16.0 Å². The fourth-order valence-electron chi connectivity index (χ4n) is 5.00. The van der Waals surface area contributed by atoms with E-state index >= 15 is 0 Å². The van der Waals surface area contributed by atoms with Crippen molar-refractivity contribution in [3.8, 4) is 11.5 Å². The van der Waals surface area contributed by atoms with Crippen LogP contribution >= 0.6 is 0 Å². The number of aryl methyl sites for hydroxylation is 1. The average Bonchev–Trinajstić information content (AvgIpc) is 3.42. The standard InChI is InChI=1S/C32H34N4O3/c1-23(2)36(32(38)33-28-16-8-7-11-24(28)3)22-30(37)35-20-19-34-18-10-17-29(34)31(35)25-12-9-15-27(21-25)39-26-13-5-4-6-14-26/h4-18,21,23,31H,19-20,22H2,1-3H3,(H,33,38)/t31-/m0/s1. The normalized spacial score (nSPS) is 14.6. The van der Waals surface area contributed by atoms with Gasteiger partial charge in [-0.1, -0.05) is 48.5 Å². The third kappa shape index (κ3) is 5.82. The first kappa shape index (κ1) is 26.1. The second-order valence-electron chi connectivity index (χ2n) is 10.1. The van der Waals surface area contributed by atoms with Crippen LogP contribution in [-0.4, -0.2) is 45.4 Å². The van der Waals surface area contributed by atoms with Crippen LogP contribution < -0.4 is 10.1 Å². The van der Waals surface area contributed by atoms with Crippen LogP contribution in [0.1, 0.15) is 36.7 Å². The molecule has 4 aromatic rings. The van der Waals surface area contributed by atoms with Crippen molar-refractivity contribution in [3.05, 3.63) is 114 Å². The molecule has 1 aliphatic heterocycles. The third-order valence-electron chi connectivity index (χ3n) is 7.09. The molecule has 3 amide bonds. The summed E-state index contributed by atoms with van der Waals surface area (Å²) < 4.78 is 8.28. The minimum Gasteiger partial charge on any atom is -0.457 e. The molecular weight excluding hydrogens is 488 g/mol. The molecule has 1 aromatic heterocycles. The number of para-hydroxylation sites is 2. The summed E-state index contributed by atoms with van der Waals surface area (Å²) >= 11 is 0. The first-order valence-corrected chi connectivity index (χ1v) is 13.3. The molecule has 7 nitrogen and oxygen atoms in total. The lowest BCUT2D eigenvalue weighted by atomic mass is 9.99. The second kappa shape index (κ2) is 11.5. The smallest absolute Gasteiger partial charge is 0.322 e. The van der Waals surface area contributed by atoms with Gasteiger partial charge in [0.2, 0.25) is 5.91 Å². The number of benzene rings is 3. The second-order valence-corrected chi connectivity index (χ2v) is 10.1. The quantitative estimate of drug-likeness (QED) is 0.303. The summed E-state index contributed by atoms with van der Waals surface area (Å²) in [7, 11) is 0. The van der Waals surface area contributed by atoms with Crippen molar-refractivity contribution in [1.29, 1.82) is 0 Å². The van der Waals surface area contributed by atoms with Gasteiger partial charge >= 0.3 is 6.03 Å². The van der Waals surface area contributed by atoms with E-state index in [1.54, 1.807) is 4.90 Å². The molecule has 2 heterocycles. The van der Waals surface area contributed by atoms with Gasteiger partial charge in [0.15, 0.2) is 0 Å². The number of carbonyl (C=O) groups excluding carboxylic acids is 2. The van der Waals surface area contributed by atoms with E-state index in [1.807, 2.05) is 117 Å². The van der Waals surface area contributed by atoms with E-state index < -0.39 is 0 Å². The van der Waals surface area contributed by atoms with Gasteiger partial charge in [-0.15, -0.1) is 0 Å². The van der Waals surface area contributed by atoms with Gasteiger partial charge in [-0.2, -0.15) is 0 Å². The number of hydrogen-bond donors (Lipinski definition) is 1. The van der Waals surface area contributed by atoms with Gasteiger partial charge in [0, 0.05) is 36.7 Å². The van der Waals surface area contributed by atoms with Crippen molar-refractivity contribution in [1.82, 2.24) is 14.4 Å². The van der Waals surface area contributed by atoms with Crippen LogP contribution in [0.5, 0.6) is 11.5 Å². The van der Waals surface area contributed by atoms with Gasteiger partial charge in [-0.05, 0) is 74.4 Å². The largest absolute Gasteiger partial charge is 0.457 e. The first-order valence-electron chi connectivity index (χ1n) is 13.3. The number of rotatable bonds is 7. The number of urea groups is 1. The number of nitrogens with zero attached hydrogens (tertiary/aromatic N) is 3. The Hall–Kier alpha value is -4.52. The fraction of sp³-hybridized carbons (Fsp3) is 0.250. The van der Waals surface area contributed by atoms with Gasteiger partial charge in [0.05, 0.1) is 6.04 Å². The zero-order valence-corrected chi connectivity index (χ0v) is 22.6. The Morgan fingerprint density at radius 3 is 2.44 bits per heavy atom. The minimum absolute atomic E-state index is 0.0210. The zero-order chi connectivity index (χ0) is 27.4. The summed E-state index contributed by atoms with van der Waals surface area (Å²) in [5.74, 6) is 1.36. The highest BCUT2D eigenvalue weighted by Crippen LogP contribution is 2.35. The number of ether oxygens (including phenoxy) is 1. The Labute approximate surface area is 229 Å². The molecule has 200 valence electrons. The summed E-state index contributed by atoms with van der Waals surface area (Å²) in [6.45, 7) is 7.01. The maximum absolute atomic E-state index is 13.9. The highest BCUT2D eigenvalue weighted by molar-refractivity contribution is 5.93. The highest BCUT2D eigenvalue weighted by atomic mass is 16.5. The third-order valence-corrected chi connectivity index (χ3v) is 7.09. The summed E-state index contributed by atoms with van der Waals surface area (Å²) in [6, 6.07) is 28.5. The Kier molecular flexibility index (Phi) is 7.68. The maximum Gasteiger partial charge on any atom is 0.322 e. The number of nitrogens with one attached hydrogen (secondary N) is 1. The molecule has 0 radical (unpaired) electrons. The molecule has 7 heteroatoms. The van der Waals surface area contributed by atoms with E-state index in [9.17, 15) is 9.59 Å². The molecule has 5 rings (SSSR count). The number of hydrogen-bond acceptors (Lipinski definition) is 3. The number of fused-ring (bicyclic) bond motifs is 1. The Morgan fingerprint density at radius 2 is 1.67 bits per heavy atom. The molecule has 0 saturated heterocycles. The number of anilines is 1. The van der Waals surface area contributed by atoms with Crippen molar-refractivity contribution in [3.63, 3.8) is 0 Å². The van der Waals surface area contributed by atoms with Crippen LogP contribution in [0, 0.1) is 6.92 Å². The molecule has 1 aliphatic rings. The van der Waals surface area contributed by atoms with Crippen LogP contribution in [0.3, 0.4) is 0 Å². The fourth-order valence-corrected chi connectivity index (χ4v) is 5.00. The van der Waals surface area contributed by atoms with Crippen LogP contribution in [0.2, 0.25) is 0 Å². The van der Waals surface area contributed by atoms with E-state index in [4.69, 9.17) is 4.74 Å². The summed E-state index contributed by atoms with van der Waals surface area (Å²) in [5.41, 5.74) is 3.70. The monoisotopic (exact) mass is 522 g/mol. The number of carbonyl (C=O) groups is 2. The van der Waals surface area contributed by atoms with E-state index in [0.29, 0.717) is 18.8 Å². The Morgan fingerprint density at radius 1 is 0.923 bits per heavy atom.